The highest BCUT2D eigenvalue weighted by molar-refractivity contribution is 5.41. The monoisotopic (exact) mass is 289 g/mol. The van der Waals surface area contributed by atoms with E-state index in [0.29, 0.717) is 6.54 Å². The number of methoxy groups -OCH3 is 1. The fourth-order valence-corrected chi connectivity index (χ4v) is 2.84. The maximum atomic E-state index is 10.8. The van der Waals surface area contributed by atoms with Gasteiger partial charge in [-0.05, 0) is 32.4 Å². The zero-order chi connectivity index (χ0) is 15.6. The van der Waals surface area contributed by atoms with Crippen LogP contribution in [0.3, 0.4) is 0 Å². The molecule has 4 nitrogen and oxygen atoms in total. The molecule has 1 aromatic heterocycles. The Morgan fingerprint density at radius 3 is 2.38 bits per heavy atom. The molecule has 0 saturated carbocycles. The average Bonchev–Trinajstić information content (AvgIpc) is 2.73. The van der Waals surface area contributed by atoms with Crippen molar-refractivity contribution in [3.05, 3.63) is 52.5 Å². The number of nitrogens with two attached hydrogens (primary N) is 1. The minimum atomic E-state index is -0.719. The number of rotatable bonds is 5. The minimum Gasteiger partial charge on any atom is -0.496 e. The Bertz CT molecular complexity index is 618. The maximum Gasteiger partial charge on any atom is 0.122 e. The van der Waals surface area contributed by atoms with E-state index in [9.17, 15) is 5.11 Å². The van der Waals surface area contributed by atoms with Gasteiger partial charge in [0.1, 0.15) is 17.3 Å². The fourth-order valence-electron chi connectivity index (χ4n) is 2.84. The summed E-state index contributed by atoms with van der Waals surface area (Å²) in [5.74, 6) is 2.07. The molecule has 0 aliphatic carbocycles. The van der Waals surface area contributed by atoms with Gasteiger partial charge in [0, 0.05) is 23.6 Å². The summed E-state index contributed by atoms with van der Waals surface area (Å²) >= 11 is 0. The predicted molar refractivity (Wildman–Crippen MR) is 82.7 cm³/mol. The Balaban J connectivity index is 2.46. The van der Waals surface area contributed by atoms with Crippen LogP contribution >= 0.6 is 0 Å². The lowest BCUT2D eigenvalue weighted by Crippen LogP contribution is -2.21. The lowest BCUT2D eigenvalue weighted by molar-refractivity contribution is 0.143. The van der Waals surface area contributed by atoms with Crippen molar-refractivity contribution >= 4 is 0 Å². The van der Waals surface area contributed by atoms with Crippen LogP contribution in [-0.2, 0) is 0 Å². The van der Waals surface area contributed by atoms with Crippen LogP contribution in [0.2, 0.25) is 0 Å². The first kappa shape index (κ1) is 15.6. The predicted octanol–water partition coefficient (Wildman–Crippen LogP) is 2.99. The SMILES string of the molecule is COc1ccccc1C(CN)C(O)c1c(C)oc(C)c1C. The Morgan fingerprint density at radius 1 is 1.19 bits per heavy atom. The zero-order valence-corrected chi connectivity index (χ0v) is 13.0. The molecule has 0 saturated heterocycles. The van der Waals surface area contributed by atoms with Crippen molar-refractivity contribution in [1.82, 2.24) is 0 Å². The van der Waals surface area contributed by atoms with E-state index in [0.717, 1.165) is 34.0 Å². The van der Waals surface area contributed by atoms with Crippen LogP contribution in [0.25, 0.3) is 0 Å². The molecule has 0 fully saturated rings. The fraction of sp³-hybridized carbons (Fsp3) is 0.412. The van der Waals surface area contributed by atoms with E-state index in [2.05, 4.69) is 0 Å². The van der Waals surface area contributed by atoms with Gasteiger partial charge in [0.2, 0.25) is 0 Å². The Kier molecular flexibility index (Phi) is 4.70. The number of hydrogen-bond donors (Lipinski definition) is 2. The molecule has 0 radical (unpaired) electrons. The third kappa shape index (κ3) is 2.82. The molecule has 2 aromatic rings. The Morgan fingerprint density at radius 2 is 1.86 bits per heavy atom. The molecule has 1 heterocycles. The molecule has 0 spiro atoms. The molecule has 4 heteroatoms. The summed E-state index contributed by atoms with van der Waals surface area (Å²) in [4.78, 5) is 0. The largest absolute Gasteiger partial charge is 0.496 e. The van der Waals surface area contributed by atoms with Crippen LogP contribution in [0, 0.1) is 20.8 Å². The smallest absolute Gasteiger partial charge is 0.122 e. The Labute approximate surface area is 125 Å². The summed E-state index contributed by atoms with van der Waals surface area (Å²) < 4.78 is 11.0. The second-order valence-corrected chi connectivity index (χ2v) is 5.28. The summed E-state index contributed by atoms with van der Waals surface area (Å²) in [6, 6.07) is 7.65. The van der Waals surface area contributed by atoms with Crippen LogP contribution < -0.4 is 10.5 Å². The topological polar surface area (TPSA) is 68.6 Å². The number of ether oxygens (including phenoxy) is 1. The third-order valence-electron chi connectivity index (χ3n) is 4.09. The van der Waals surface area contributed by atoms with Crippen LogP contribution in [0.1, 0.15) is 40.2 Å². The van der Waals surface area contributed by atoms with Gasteiger partial charge in [-0.2, -0.15) is 0 Å². The highest BCUT2D eigenvalue weighted by Crippen LogP contribution is 2.39. The quantitative estimate of drug-likeness (QED) is 0.888. The summed E-state index contributed by atoms with van der Waals surface area (Å²) in [7, 11) is 1.62. The minimum absolute atomic E-state index is 0.240. The first-order chi connectivity index (χ1) is 10.0. The molecule has 2 atom stereocenters. The lowest BCUT2D eigenvalue weighted by Gasteiger charge is -2.24. The second-order valence-electron chi connectivity index (χ2n) is 5.28. The van der Waals surface area contributed by atoms with Crippen LogP contribution in [0.15, 0.2) is 28.7 Å². The third-order valence-corrected chi connectivity index (χ3v) is 4.09. The van der Waals surface area contributed by atoms with Crippen LogP contribution in [0.5, 0.6) is 5.75 Å². The van der Waals surface area contributed by atoms with E-state index in [-0.39, 0.29) is 5.92 Å². The van der Waals surface area contributed by atoms with E-state index < -0.39 is 6.10 Å². The molecular weight excluding hydrogens is 266 g/mol. The number of para-hydroxylation sites is 1. The number of benzene rings is 1. The van der Waals surface area contributed by atoms with Gasteiger partial charge < -0.3 is 20.0 Å². The average molecular weight is 289 g/mol. The van der Waals surface area contributed by atoms with Gasteiger partial charge in [0.25, 0.3) is 0 Å². The van der Waals surface area contributed by atoms with Gasteiger partial charge in [-0.15, -0.1) is 0 Å². The molecule has 3 N–H and O–H groups in total. The standard InChI is InChI=1S/C17H23NO3/c1-10-11(2)21-12(3)16(10)17(19)14(9-18)13-7-5-6-8-15(13)20-4/h5-8,14,17,19H,9,18H2,1-4H3. The van der Waals surface area contributed by atoms with E-state index in [1.165, 1.54) is 0 Å². The van der Waals surface area contributed by atoms with Gasteiger partial charge in [0.15, 0.2) is 0 Å². The highest BCUT2D eigenvalue weighted by Gasteiger charge is 2.29. The van der Waals surface area contributed by atoms with Gasteiger partial charge in [0.05, 0.1) is 13.2 Å². The molecule has 21 heavy (non-hydrogen) atoms. The molecule has 2 rings (SSSR count). The van der Waals surface area contributed by atoms with Crippen LogP contribution in [0.4, 0.5) is 0 Å². The molecule has 114 valence electrons. The number of hydrogen-bond acceptors (Lipinski definition) is 4. The molecule has 0 aliphatic heterocycles. The van der Waals surface area contributed by atoms with Crippen molar-refractivity contribution in [3.8, 4) is 5.75 Å². The van der Waals surface area contributed by atoms with E-state index in [1.54, 1.807) is 7.11 Å². The number of furan rings is 1. The normalized spacial score (nSPS) is 14.0. The van der Waals surface area contributed by atoms with E-state index >= 15 is 0 Å². The molecule has 0 aliphatic rings. The maximum absolute atomic E-state index is 10.8. The summed E-state index contributed by atoms with van der Waals surface area (Å²) in [5.41, 5.74) is 8.64. The summed E-state index contributed by atoms with van der Waals surface area (Å²) in [5, 5.41) is 10.8. The van der Waals surface area contributed by atoms with Gasteiger partial charge >= 0.3 is 0 Å². The van der Waals surface area contributed by atoms with Gasteiger partial charge in [-0.3, -0.25) is 0 Å². The van der Waals surface area contributed by atoms with E-state index in [4.69, 9.17) is 14.9 Å². The van der Waals surface area contributed by atoms with Crippen molar-refractivity contribution in [2.24, 2.45) is 5.73 Å². The van der Waals surface area contributed by atoms with Crippen molar-refractivity contribution in [3.63, 3.8) is 0 Å². The molecule has 0 amide bonds. The van der Waals surface area contributed by atoms with Gasteiger partial charge in [-0.1, -0.05) is 18.2 Å². The number of aliphatic hydroxyl groups is 1. The number of aliphatic hydroxyl groups excluding tert-OH is 1. The Hall–Kier alpha value is -1.78. The summed E-state index contributed by atoms with van der Waals surface area (Å²) in [6.45, 7) is 6.05. The molecule has 0 bridgehead atoms. The molecule has 1 aromatic carbocycles. The van der Waals surface area contributed by atoms with Crippen molar-refractivity contribution < 1.29 is 14.3 Å². The van der Waals surface area contributed by atoms with Crippen molar-refractivity contribution in [2.75, 3.05) is 13.7 Å². The van der Waals surface area contributed by atoms with E-state index in [1.807, 2.05) is 45.0 Å². The van der Waals surface area contributed by atoms with Gasteiger partial charge in [-0.25, -0.2) is 0 Å². The van der Waals surface area contributed by atoms with Crippen molar-refractivity contribution in [2.45, 2.75) is 32.8 Å². The van der Waals surface area contributed by atoms with Crippen molar-refractivity contribution in [1.29, 1.82) is 0 Å². The van der Waals surface area contributed by atoms with Crippen LogP contribution in [-0.4, -0.2) is 18.8 Å². The molecular formula is C17H23NO3. The zero-order valence-electron chi connectivity index (χ0n) is 13.0. The first-order valence-electron chi connectivity index (χ1n) is 7.08. The highest BCUT2D eigenvalue weighted by atomic mass is 16.5. The second kappa shape index (κ2) is 6.33. The number of aryl methyl sites for hydroxylation is 2. The first-order valence-corrected chi connectivity index (χ1v) is 7.08. The summed E-state index contributed by atoms with van der Waals surface area (Å²) in [6.07, 6.45) is -0.719. The lowest BCUT2D eigenvalue weighted by atomic mass is 9.87. The molecule has 2 unspecified atom stereocenters.